The Balaban J connectivity index is 1.15. The second-order valence-electron chi connectivity index (χ2n) is 9.83. The molecule has 3 fully saturated rings. The summed E-state index contributed by atoms with van der Waals surface area (Å²) >= 11 is 1.48. The molecule has 0 bridgehead atoms. The van der Waals surface area contributed by atoms with Crippen LogP contribution in [0.3, 0.4) is 0 Å². The van der Waals surface area contributed by atoms with Crippen molar-refractivity contribution in [2.45, 2.75) is 70.8 Å². The number of anilines is 1. The zero-order chi connectivity index (χ0) is 22.8. The van der Waals surface area contributed by atoms with E-state index >= 15 is 0 Å². The first-order valence-corrected chi connectivity index (χ1v) is 13.6. The van der Waals surface area contributed by atoms with Gasteiger partial charge in [-0.15, -0.1) is 5.10 Å². The third-order valence-corrected chi connectivity index (χ3v) is 8.59. The van der Waals surface area contributed by atoms with E-state index < -0.39 is 0 Å². The smallest absolute Gasteiger partial charge is 0.275 e. The number of piperazine rings is 1. The summed E-state index contributed by atoms with van der Waals surface area (Å²) in [6, 6.07) is 2.34. The summed E-state index contributed by atoms with van der Waals surface area (Å²) in [7, 11) is 0. The minimum Gasteiger partial charge on any atom is -0.347 e. The maximum absolute atomic E-state index is 13.2. The number of amides is 1. The zero-order valence-electron chi connectivity index (χ0n) is 19.7. The van der Waals surface area contributed by atoms with Crippen LogP contribution in [0.5, 0.6) is 0 Å². The van der Waals surface area contributed by atoms with Crippen molar-refractivity contribution in [1.29, 1.82) is 0 Å². The number of carbonyl (C=O) groups excluding carboxylic acids is 1. The third-order valence-electron chi connectivity index (χ3n) is 7.63. The van der Waals surface area contributed by atoms with E-state index in [1.807, 2.05) is 0 Å². The fourth-order valence-electron chi connectivity index (χ4n) is 5.69. The monoisotopic (exact) mass is 472 g/mol. The molecule has 0 radical (unpaired) electrons. The maximum atomic E-state index is 13.2. The topological polar surface area (TPSA) is 74.1 Å². The summed E-state index contributed by atoms with van der Waals surface area (Å²) in [6.45, 7) is 7.50. The molecule has 0 spiro atoms. The number of aromatic nitrogens is 3. The number of carbonyl (C=O) groups is 1. The molecule has 33 heavy (non-hydrogen) atoms. The van der Waals surface area contributed by atoms with Gasteiger partial charge in [-0.3, -0.25) is 14.5 Å². The van der Waals surface area contributed by atoms with Crippen molar-refractivity contribution in [1.82, 2.24) is 24.4 Å². The Morgan fingerprint density at radius 3 is 2.45 bits per heavy atom. The molecule has 8 nitrogen and oxygen atoms in total. The van der Waals surface area contributed by atoms with Crippen molar-refractivity contribution < 1.29 is 4.79 Å². The average Bonchev–Trinajstić information content (AvgIpc) is 3.29. The number of piperidine rings is 1. The van der Waals surface area contributed by atoms with Crippen LogP contribution < -0.4 is 10.5 Å². The second kappa shape index (κ2) is 10.1. The van der Waals surface area contributed by atoms with Crippen LogP contribution in [0.1, 0.15) is 64.0 Å². The molecule has 5 rings (SSSR count). The first-order valence-electron chi connectivity index (χ1n) is 12.8. The highest BCUT2D eigenvalue weighted by Gasteiger charge is 2.33. The van der Waals surface area contributed by atoms with Crippen molar-refractivity contribution in [2.75, 3.05) is 44.2 Å². The second-order valence-corrected chi connectivity index (χ2v) is 10.8. The summed E-state index contributed by atoms with van der Waals surface area (Å²) in [4.78, 5) is 37.8. The van der Waals surface area contributed by atoms with Crippen molar-refractivity contribution in [3.05, 3.63) is 22.1 Å². The van der Waals surface area contributed by atoms with E-state index in [1.54, 1.807) is 6.07 Å². The highest BCUT2D eigenvalue weighted by molar-refractivity contribution is 7.20. The van der Waals surface area contributed by atoms with E-state index in [0.717, 1.165) is 81.8 Å². The summed E-state index contributed by atoms with van der Waals surface area (Å²) in [5.41, 5.74) is 0.731. The maximum Gasteiger partial charge on any atom is 0.275 e. The van der Waals surface area contributed by atoms with Gasteiger partial charge in [0.15, 0.2) is 0 Å². The summed E-state index contributed by atoms with van der Waals surface area (Å²) < 4.78 is 1.42. The van der Waals surface area contributed by atoms with Gasteiger partial charge in [-0.05, 0) is 32.1 Å². The lowest BCUT2D eigenvalue weighted by Gasteiger charge is -2.42. The molecule has 1 amide bonds. The van der Waals surface area contributed by atoms with Gasteiger partial charge in [0.2, 0.25) is 16.0 Å². The van der Waals surface area contributed by atoms with Gasteiger partial charge in [-0.1, -0.05) is 43.9 Å². The van der Waals surface area contributed by atoms with Gasteiger partial charge in [-0.2, -0.15) is 4.52 Å². The molecule has 0 unspecified atom stereocenters. The van der Waals surface area contributed by atoms with Crippen LogP contribution in [0.4, 0.5) is 5.13 Å². The van der Waals surface area contributed by atoms with Gasteiger partial charge in [0.1, 0.15) is 0 Å². The van der Waals surface area contributed by atoms with Gasteiger partial charge < -0.3 is 9.80 Å². The van der Waals surface area contributed by atoms with E-state index in [0.29, 0.717) is 10.9 Å². The predicted octanol–water partition coefficient (Wildman–Crippen LogP) is 2.80. The van der Waals surface area contributed by atoms with Crippen LogP contribution in [0, 0.1) is 5.92 Å². The van der Waals surface area contributed by atoms with Gasteiger partial charge in [0.25, 0.3) is 5.56 Å². The fourth-order valence-corrected chi connectivity index (χ4v) is 6.67. The predicted molar refractivity (Wildman–Crippen MR) is 131 cm³/mol. The highest BCUT2D eigenvalue weighted by atomic mass is 32.1. The number of hydrogen-bond donors (Lipinski definition) is 0. The van der Waals surface area contributed by atoms with Gasteiger partial charge in [0.05, 0.1) is 0 Å². The third kappa shape index (κ3) is 4.94. The van der Waals surface area contributed by atoms with E-state index in [9.17, 15) is 9.59 Å². The van der Waals surface area contributed by atoms with Crippen LogP contribution >= 0.6 is 11.3 Å². The Morgan fingerprint density at radius 2 is 1.76 bits per heavy atom. The molecule has 0 atom stereocenters. The molecular formula is C24H36N6O2S. The summed E-state index contributed by atoms with van der Waals surface area (Å²) in [6.07, 6.45) is 10.2. The van der Waals surface area contributed by atoms with Crippen molar-refractivity contribution in [3.63, 3.8) is 0 Å². The van der Waals surface area contributed by atoms with Crippen LogP contribution in [0.15, 0.2) is 10.9 Å². The minimum atomic E-state index is -0.108. The molecule has 4 heterocycles. The summed E-state index contributed by atoms with van der Waals surface area (Å²) in [5.74, 6) is 0.443. The lowest BCUT2D eigenvalue weighted by Crippen LogP contribution is -2.54. The van der Waals surface area contributed by atoms with Crippen molar-refractivity contribution >= 4 is 27.3 Å². The molecule has 0 aromatic carbocycles. The molecular weight excluding hydrogens is 436 g/mol. The Bertz CT molecular complexity index is 1010. The number of rotatable bonds is 5. The molecule has 3 aliphatic rings. The highest BCUT2D eigenvalue weighted by Crippen LogP contribution is 2.29. The SMILES string of the molecule is CCCc1cc(=O)n2nc(N3CCC(C(=O)N4CCN(C5CCCCC5)CC4)CC3)sc2n1. The summed E-state index contributed by atoms with van der Waals surface area (Å²) in [5, 5.41) is 5.37. The van der Waals surface area contributed by atoms with Gasteiger partial charge in [0, 0.05) is 63.0 Å². The number of hydrogen-bond acceptors (Lipinski definition) is 7. The quantitative estimate of drug-likeness (QED) is 0.666. The number of aryl methyl sites for hydroxylation is 1. The molecule has 2 aromatic rings. The molecule has 2 aromatic heterocycles. The molecule has 2 saturated heterocycles. The first-order chi connectivity index (χ1) is 16.1. The molecule has 0 N–H and O–H groups in total. The fraction of sp³-hybridized carbons (Fsp3) is 0.750. The van der Waals surface area contributed by atoms with Crippen LogP contribution in [0.25, 0.3) is 4.96 Å². The van der Waals surface area contributed by atoms with Crippen LogP contribution in [-0.4, -0.2) is 75.6 Å². The lowest BCUT2D eigenvalue weighted by molar-refractivity contribution is -0.138. The van der Waals surface area contributed by atoms with E-state index in [-0.39, 0.29) is 11.5 Å². The molecule has 1 saturated carbocycles. The normalized spacial score (nSPS) is 21.7. The van der Waals surface area contributed by atoms with Crippen LogP contribution in [0.2, 0.25) is 0 Å². The van der Waals surface area contributed by atoms with E-state index in [4.69, 9.17) is 0 Å². The van der Waals surface area contributed by atoms with Crippen molar-refractivity contribution in [2.24, 2.45) is 5.92 Å². The largest absolute Gasteiger partial charge is 0.347 e. The Hall–Kier alpha value is -2.00. The first kappa shape index (κ1) is 22.8. The standard InChI is InChI=1S/C24H36N6O2S/c1-2-6-19-17-21(31)30-23(25-19)33-24(26-30)29-11-9-18(10-12-29)22(32)28-15-13-27(14-16-28)20-7-4-3-5-8-20/h17-18,20H,2-16H2,1H3. The average molecular weight is 473 g/mol. The molecule has 180 valence electrons. The Morgan fingerprint density at radius 1 is 1.03 bits per heavy atom. The molecule has 2 aliphatic heterocycles. The van der Waals surface area contributed by atoms with Gasteiger partial charge in [-0.25, -0.2) is 4.98 Å². The molecule has 1 aliphatic carbocycles. The molecule has 9 heteroatoms. The number of nitrogens with zero attached hydrogens (tertiary/aromatic N) is 6. The van der Waals surface area contributed by atoms with E-state index in [2.05, 4.69) is 31.7 Å². The minimum absolute atomic E-state index is 0.105. The zero-order valence-corrected chi connectivity index (χ0v) is 20.6. The number of fused-ring (bicyclic) bond motifs is 1. The van der Waals surface area contributed by atoms with Crippen LogP contribution in [-0.2, 0) is 11.2 Å². The van der Waals surface area contributed by atoms with E-state index in [1.165, 1.54) is 48.0 Å². The van der Waals surface area contributed by atoms with Crippen molar-refractivity contribution in [3.8, 4) is 0 Å². The lowest BCUT2D eigenvalue weighted by atomic mass is 9.93. The Kier molecular flexibility index (Phi) is 6.97. The Labute approximate surface area is 199 Å². The van der Waals surface area contributed by atoms with Gasteiger partial charge >= 0.3 is 0 Å².